The molecule has 24 heavy (non-hydrogen) atoms. The standard InChI is InChI=1S/C18H20FNO4/c1-22-15-10-13(17(24-3)16(11-15)23-2)8-9-20-18(21)12-4-6-14(19)7-5-12/h4-7,10-11H,8-9H2,1-3H3,(H,20,21). The van der Waals surface area contributed by atoms with Crippen LogP contribution in [-0.4, -0.2) is 33.8 Å². The highest BCUT2D eigenvalue weighted by atomic mass is 19.1. The number of rotatable bonds is 7. The molecule has 0 aromatic heterocycles. The average Bonchev–Trinajstić information content (AvgIpc) is 2.61. The maximum atomic E-state index is 12.9. The highest BCUT2D eigenvalue weighted by Gasteiger charge is 2.13. The van der Waals surface area contributed by atoms with E-state index in [1.165, 1.54) is 24.3 Å². The Hall–Kier alpha value is -2.76. The van der Waals surface area contributed by atoms with Crippen molar-refractivity contribution in [3.63, 3.8) is 0 Å². The number of carbonyl (C=O) groups excluding carboxylic acids is 1. The number of carbonyl (C=O) groups is 1. The molecule has 0 aliphatic heterocycles. The third kappa shape index (κ3) is 4.16. The Morgan fingerprint density at radius 1 is 1.04 bits per heavy atom. The largest absolute Gasteiger partial charge is 0.497 e. The summed E-state index contributed by atoms with van der Waals surface area (Å²) in [5, 5.41) is 2.79. The topological polar surface area (TPSA) is 56.8 Å². The molecule has 0 heterocycles. The minimum Gasteiger partial charge on any atom is -0.497 e. The molecule has 0 aliphatic carbocycles. The summed E-state index contributed by atoms with van der Waals surface area (Å²) in [6, 6.07) is 8.97. The molecule has 0 bridgehead atoms. The van der Waals surface area contributed by atoms with Crippen molar-refractivity contribution in [1.82, 2.24) is 5.32 Å². The number of methoxy groups -OCH3 is 3. The van der Waals surface area contributed by atoms with Crippen LogP contribution in [0, 0.1) is 5.82 Å². The molecule has 5 nitrogen and oxygen atoms in total. The lowest BCUT2D eigenvalue weighted by Gasteiger charge is -2.15. The molecule has 1 N–H and O–H groups in total. The van der Waals surface area contributed by atoms with Crippen molar-refractivity contribution in [2.75, 3.05) is 27.9 Å². The van der Waals surface area contributed by atoms with Crippen molar-refractivity contribution in [2.45, 2.75) is 6.42 Å². The lowest BCUT2D eigenvalue weighted by atomic mass is 10.1. The van der Waals surface area contributed by atoms with Crippen LogP contribution in [0.1, 0.15) is 15.9 Å². The van der Waals surface area contributed by atoms with Crippen LogP contribution < -0.4 is 19.5 Å². The van der Waals surface area contributed by atoms with E-state index in [1.807, 2.05) is 6.07 Å². The summed E-state index contributed by atoms with van der Waals surface area (Å²) in [5.41, 5.74) is 1.26. The smallest absolute Gasteiger partial charge is 0.251 e. The SMILES string of the molecule is COc1cc(CCNC(=O)c2ccc(F)cc2)c(OC)c(OC)c1. The molecule has 2 aromatic rings. The van der Waals surface area contributed by atoms with Gasteiger partial charge in [0.2, 0.25) is 0 Å². The van der Waals surface area contributed by atoms with Crippen LogP contribution in [0.5, 0.6) is 17.2 Å². The van der Waals surface area contributed by atoms with Gasteiger partial charge in [-0.25, -0.2) is 4.39 Å². The lowest BCUT2D eigenvalue weighted by Crippen LogP contribution is -2.25. The van der Waals surface area contributed by atoms with E-state index in [-0.39, 0.29) is 11.7 Å². The molecule has 0 fully saturated rings. The van der Waals surface area contributed by atoms with Crippen LogP contribution >= 0.6 is 0 Å². The van der Waals surface area contributed by atoms with E-state index >= 15 is 0 Å². The Kier molecular flexibility index (Phi) is 6.01. The molecule has 128 valence electrons. The molecule has 0 unspecified atom stereocenters. The fourth-order valence-corrected chi connectivity index (χ4v) is 2.33. The molecule has 1 amide bonds. The van der Waals surface area contributed by atoms with Crippen molar-refractivity contribution in [3.8, 4) is 17.2 Å². The number of hydrogen-bond acceptors (Lipinski definition) is 4. The van der Waals surface area contributed by atoms with E-state index in [2.05, 4.69) is 5.32 Å². The number of benzene rings is 2. The average molecular weight is 333 g/mol. The van der Waals surface area contributed by atoms with E-state index in [0.29, 0.717) is 35.8 Å². The fourth-order valence-electron chi connectivity index (χ4n) is 2.33. The quantitative estimate of drug-likeness (QED) is 0.846. The van der Waals surface area contributed by atoms with Gasteiger partial charge in [-0.3, -0.25) is 4.79 Å². The fraction of sp³-hybridized carbons (Fsp3) is 0.278. The monoisotopic (exact) mass is 333 g/mol. The van der Waals surface area contributed by atoms with Crippen LogP contribution in [0.2, 0.25) is 0 Å². The van der Waals surface area contributed by atoms with Crippen molar-refractivity contribution < 1.29 is 23.4 Å². The number of halogens is 1. The van der Waals surface area contributed by atoms with Gasteiger partial charge in [0.15, 0.2) is 11.5 Å². The van der Waals surface area contributed by atoms with Gasteiger partial charge in [-0.1, -0.05) is 0 Å². The number of ether oxygens (including phenoxy) is 3. The zero-order valence-corrected chi connectivity index (χ0v) is 13.9. The molecule has 0 saturated carbocycles. The van der Waals surface area contributed by atoms with Crippen LogP contribution in [-0.2, 0) is 6.42 Å². The molecule has 0 saturated heterocycles. The van der Waals surface area contributed by atoms with Gasteiger partial charge in [0.25, 0.3) is 5.91 Å². The Morgan fingerprint density at radius 3 is 2.33 bits per heavy atom. The molecule has 0 radical (unpaired) electrons. The number of nitrogens with one attached hydrogen (secondary N) is 1. The first-order chi connectivity index (χ1) is 11.6. The third-order valence-electron chi connectivity index (χ3n) is 3.55. The Labute approximate surface area is 140 Å². The first-order valence-corrected chi connectivity index (χ1v) is 7.41. The summed E-state index contributed by atoms with van der Waals surface area (Å²) in [5.74, 6) is 1.18. The summed E-state index contributed by atoms with van der Waals surface area (Å²) >= 11 is 0. The van der Waals surface area contributed by atoms with Gasteiger partial charge in [0.1, 0.15) is 11.6 Å². The van der Waals surface area contributed by atoms with Gasteiger partial charge in [0, 0.05) is 23.7 Å². The van der Waals surface area contributed by atoms with E-state index < -0.39 is 0 Å². The van der Waals surface area contributed by atoms with Gasteiger partial charge >= 0.3 is 0 Å². The van der Waals surface area contributed by atoms with E-state index in [4.69, 9.17) is 14.2 Å². The van der Waals surface area contributed by atoms with Crippen LogP contribution in [0.4, 0.5) is 4.39 Å². The Balaban J connectivity index is 2.05. The maximum Gasteiger partial charge on any atom is 0.251 e. The molecule has 0 atom stereocenters. The molecule has 0 spiro atoms. The minimum absolute atomic E-state index is 0.260. The summed E-state index contributed by atoms with van der Waals surface area (Å²) in [4.78, 5) is 12.0. The summed E-state index contributed by atoms with van der Waals surface area (Å²) in [7, 11) is 4.68. The summed E-state index contributed by atoms with van der Waals surface area (Å²) in [6.45, 7) is 0.392. The van der Waals surface area contributed by atoms with Crippen LogP contribution in [0.3, 0.4) is 0 Å². The predicted octanol–water partition coefficient (Wildman–Crippen LogP) is 2.82. The second-order valence-electron chi connectivity index (χ2n) is 5.03. The Morgan fingerprint density at radius 2 is 1.75 bits per heavy atom. The number of hydrogen-bond donors (Lipinski definition) is 1. The molecular weight excluding hydrogens is 313 g/mol. The van der Waals surface area contributed by atoms with Crippen molar-refractivity contribution in [2.24, 2.45) is 0 Å². The first-order valence-electron chi connectivity index (χ1n) is 7.41. The summed E-state index contributed by atoms with van der Waals surface area (Å²) in [6.07, 6.45) is 0.531. The first kappa shape index (κ1) is 17.6. The summed E-state index contributed by atoms with van der Waals surface area (Å²) < 4.78 is 28.8. The molecular formula is C18H20FNO4. The van der Waals surface area contributed by atoms with E-state index in [1.54, 1.807) is 27.4 Å². The van der Waals surface area contributed by atoms with Crippen molar-refractivity contribution in [3.05, 3.63) is 53.3 Å². The minimum atomic E-state index is -0.375. The van der Waals surface area contributed by atoms with Crippen LogP contribution in [0.25, 0.3) is 0 Å². The molecule has 0 aliphatic rings. The molecule has 6 heteroatoms. The second-order valence-corrected chi connectivity index (χ2v) is 5.03. The van der Waals surface area contributed by atoms with Crippen molar-refractivity contribution in [1.29, 1.82) is 0 Å². The van der Waals surface area contributed by atoms with Gasteiger partial charge < -0.3 is 19.5 Å². The van der Waals surface area contributed by atoms with Crippen LogP contribution in [0.15, 0.2) is 36.4 Å². The second kappa shape index (κ2) is 8.19. The number of amides is 1. The highest BCUT2D eigenvalue weighted by Crippen LogP contribution is 2.35. The highest BCUT2D eigenvalue weighted by molar-refractivity contribution is 5.94. The Bertz CT molecular complexity index is 701. The molecule has 2 rings (SSSR count). The van der Waals surface area contributed by atoms with Gasteiger partial charge in [-0.05, 0) is 36.8 Å². The predicted molar refractivity (Wildman–Crippen MR) is 88.5 cm³/mol. The zero-order chi connectivity index (χ0) is 17.5. The van der Waals surface area contributed by atoms with E-state index in [0.717, 1.165) is 5.56 Å². The lowest BCUT2D eigenvalue weighted by molar-refractivity contribution is 0.0954. The van der Waals surface area contributed by atoms with Gasteiger partial charge in [-0.15, -0.1) is 0 Å². The zero-order valence-electron chi connectivity index (χ0n) is 13.9. The molecule has 2 aromatic carbocycles. The van der Waals surface area contributed by atoms with Crippen molar-refractivity contribution >= 4 is 5.91 Å². The third-order valence-corrected chi connectivity index (χ3v) is 3.55. The normalized spacial score (nSPS) is 10.2. The van der Waals surface area contributed by atoms with E-state index in [9.17, 15) is 9.18 Å². The van der Waals surface area contributed by atoms with Gasteiger partial charge in [0.05, 0.1) is 21.3 Å². The maximum absolute atomic E-state index is 12.9. The van der Waals surface area contributed by atoms with Gasteiger partial charge in [-0.2, -0.15) is 0 Å².